The van der Waals surface area contributed by atoms with Gasteiger partial charge in [0.1, 0.15) is 5.82 Å². The second-order valence-electron chi connectivity index (χ2n) is 5.98. The third-order valence-electron chi connectivity index (χ3n) is 3.37. The maximum Gasteiger partial charge on any atom is 0.256 e. The van der Waals surface area contributed by atoms with E-state index in [1.165, 1.54) is 6.20 Å². The smallest absolute Gasteiger partial charge is 0.256 e. The number of rotatable bonds is 6. The predicted octanol–water partition coefficient (Wildman–Crippen LogP) is 3.49. The molecule has 2 aromatic rings. The van der Waals surface area contributed by atoms with E-state index in [9.17, 15) is 9.59 Å². The molecule has 0 aliphatic heterocycles. The molecule has 2 amide bonds. The van der Waals surface area contributed by atoms with Gasteiger partial charge >= 0.3 is 0 Å². The summed E-state index contributed by atoms with van der Waals surface area (Å²) in [4.78, 5) is 28.1. The number of amides is 2. The first kappa shape index (κ1) is 23.9. The fourth-order valence-corrected chi connectivity index (χ4v) is 2.17. The Morgan fingerprint density at radius 3 is 2.23 bits per heavy atom. The number of nitrogens with one attached hydrogen (secondary N) is 2. The molecule has 0 saturated carbocycles. The zero-order valence-corrected chi connectivity index (χ0v) is 16.3. The minimum atomic E-state index is -0.553. The molecule has 26 heavy (non-hydrogen) atoms. The van der Waals surface area contributed by atoms with Crippen molar-refractivity contribution in [2.24, 2.45) is 11.7 Å². The van der Waals surface area contributed by atoms with Gasteiger partial charge in [0.25, 0.3) is 5.91 Å². The Labute approximate surface area is 165 Å². The van der Waals surface area contributed by atoms with Gasteiger partial charge in [0.15, 0.2) is 0 Å². The zero-order valence-electron chi connectivity index (χ0n) is 14.6. The van der Waals surface area contributed by atoms with Crippen LogP contribution in [0.5, 0.6) is 0 Å². The zero-order chi connectivity index (χ0) is 17.5. The van der Waals surface area contributed by atoms with E-state index in [2.05, 4.69) is 15.6 Å². The lowest BCUT2D eigenvalue weighted by Gasteiger charge is -2.14. The minimum Gasteiger partial charge on any atom is -0.323 e. The van der Waals surface area contributed by atoms with Gasteiger partial charge < -0.3 is 16.4 Å². The van der Waals surface area contributed by atoms with E-state index in [4.69, 9.17) is 5.73 Å². The van der Waals surface area contributed by atoms with Crippen molar-refractivity contribution in [2.75, 3.05) is 10.6 Å². The first-order valence-corrected chi connectivity index (χ1v) is 7.84. The molecule has 0 aliphatic rings. The molecule has 6 nitrogen and oxygen atoms in total. The molecule has 4 N–H and O–H groups in total. The molecule has 142 valence electrons. The Hall–Kier alpha value is -2.15. The summed E-state index contributed by atoms with van der Waals surface area (Å²) in [7, 11) is 0. The van der Waals surface area contributed by atoms with Gasteiger partial charge in [-0.1, -0.05) is 32.0 Å². The third kappa shape index (κ3) is 7.39. The number of anilines is 2. The van der Waals surface area contributed by atoms with Gasteiger partial charge in [-0.05, 0) is 36.6 Å². The number of nitrogens with two attached hydrogens (primary N) is 1. The van der Waals surface area contributed by atoms with Crippen LogP contribution in [-0.4, -0.2) is 22.8 Å². The fraction of sp³-hybridized carbons (Fsp3) is 0.278. The number of aromatic nitrogens is 1. The number of hydrogen-bond donors (Lipinski definition) is 3. The largest absolute Gasteiger partial charge is 0.323 e. The molecule has 2 rings (SSSR count). The highest BCUT2D eigenvalue weighted by Gasteiger charge is 2.15. The van der Waals surface area contributed by atoms with Gasteiger partial charge in [-0.25, -0.2) is 4.98 Å². The van der Waals surface area contributed by atoms with Crippen LogP contribution in [0.2, 0.25) is 0 Å². The lowest BCUT2D eigenvalue weighted by molar-refractivity contribution is -0.117. The molecule has 0 bridgehead atoms. The van der Waals surface area contributed by atoms with Crippen LogP contribution in [0.3, 0.4) is 0 Å². The number of nitrogens with zero attached hydrogens (tertiary/aromatic N) is 1. The summed E-state index contributed by atoms with van der Waals surface area (Å²) in [5, 5.41) is 5.42. The lowest BCUT2D eigenvalue weighted by Crippen LogP contribution is -2.36. The average Bonchev–Trinajstić information content (AvgIpc) is 2.56. The molecular formula is C18H24Cl2N4O2. The standard InChI is InChI=1S/C18H22N4O2.2ClH/c1-12(2)10-15(19)18(24)21-14-8-9-16(20-11-14)22-17(23)13-6-4-3-5-7-13;;/h3-9,11-12,15H,10,19H2,1-2H3,(H,21,24)(H,20,22,23);2*1H/t15-;;/m0../s1. The van der Waals surface area contributed by atoms with E-state index in [1.807, 2.05) is 19.9 Å². The molecule has 0 radical (unpaired) electrons. The van der Waals surface area contributed by atoms with Crippen molar-refractivity contribution in [3.8, 4) is 0 Å². The van der Waals surface area contributed by atoms with Crippen molar-refractivity contribution in [1.82, 2.24) is 4.98 Å². The first-order chi connectivity index (χ1) is 11.5. The SMILES string of the molecule is CC(C)C[C@H](N)C(=O)Nc1ccc(NC(=O)c2ccccc2)nc1.Cl.Cl. The van der Waals surface area contributed by atoms with E-state index < -0.39 is 6.04 Å². The van der Waals surface area contributed by atoms with Gasteiger partial charge in [0.2, 0.25) is 5.91 Å². The molecule has 0 saturated heterocycles. The van der Waals surface area contributed by atoms with Crippen LogP contribution in [0, 0.1) is 5.92 Å². The highest BCUT2D eigenvalue weighted by molar-refractivity contribution is 6.03. The summed E-state index contributed by atoms with van der Waals surface area (Å²) in [6.07, 6.45) is 2.10. The van der Waals surface area contributed by atoms with Crippen LogP contribution in [0.15, 0.2) is 48.7 Å². The van der Waals surface area contributed by atoms with Crippen LogP contribution >= 0.6 is 24.8 Å². The number of pyridine rings is 1. The van der Waals surface area contributed by atoms with E-state index >= 15 is 0 Å². The van der Waals surface area contributed by atoms with Crippen LogP contribution in [-0.2, 0) is 4.79 Å². The van der Waals surface area contributed by atoms with Gasteiger partial charge in [-0.2, -0.15) is 0 Å². The van der Waals surface area contributed by atoms with Gasteiger partial charge in [0, 0.05) is 5.56 Å². The molecule has 0 unspecified atom stereocenters. The molecule has 1 heterocycles. The number of benzene rings is 1. The van der Waals surface area contributed by atoms with E-state index in [0.29, 0.717) is 29.4 Å². The Balaban J connectivity index is 0.00000312. The Bertz CT molecular complexity index is 694. The van der Waals surface area contributed by atoms with Crippen molar-refractivity contribution in [2.45, 2.75) is 26.3 Å². The van der Waals surface area contributed by atoms with Crippen molar-refractivity contribution in [3.05, 3.63) is 54.2 Å². The van der Waals surface area contributed by atoms with E-state index in [-0.39, 0.29) is 36.6 Å². The van der Waals surface area contributed by atoms with Crippen molar-refractivity contribution >= 4 is 48.1 Å². The maximum absolute atomic E-state index is 12.0. The van der Waals surface area contributed by atoms with Gasteiger partial charge in [0.05, 0.1) is 17.9 Å². The van der Waals surface area contributed by atoms with E-state index in [1.54, 1.807) is 36.4 Å². The minimum absolute atomic E-state index is 0. The highest BCUT2D eigenvalue weighted by atomic mass is 35.5. The first-order valence-electron chi connectivity index (χ1n) is 7.84. The Morgan fingerprint density at radius 2 is 1.69 bits per heavy atom. The number of carbonyl (C=O) groups is 2. The normalized spacial score (nSPS) is 10.9. The molecule has 8 heteroatoms. The van der Waals surface area contributed by atoms with Crippen LogP contribution in [0.1, 0.15) is 30.6 Å². The molecule has 0 aliphatic carbocycles. The third-order valence-corrected chi connectivity index (χ3v) is 3.37. The Morgan fingerprint density at radius 1 is 1.04 bits per heavy atom. The summed E-state index contributed by atoms with van der Waals surface area (Å²) in [6.45, 7) is 4.03. The van der Waals surface area contributed by atoms with Gasteiger partial charge in [-0.15, -0.1) is 24.8 Å². The van der Waals surface area contributed by atoms with Crippen molar-refractivity contribution < 1.29 is 9.59 Å². The van der Waals surface area contributed by atoms with Crippen molar-refractivity contribution in [1.29, 1.82) is 0 Å². The summed E-state index contributed by atoms with van der Waals surface area (Å²) in [6, 6.07) is 11.6. The van der Waals surface area contributed by atoms with Gasteiger partial charge in [-0.3, -0.25) is 9.59 Å². The average molecular weight is 399 g/mol. The molecule has 0 spiro atoms. The molecule has 1 aromatic carbocycles. The second-order valence-corrected chi connectivity index (χ2v) is 5.98. The number of halogens is 2. The molecular weight excluding hydrogens is 375 g/mol. The predicted molar refractivity (Wildman–Crippen MR) is 109 cm³/mol. The fourth-order valence-electron chi connectivity index (χ4n) is 2.17. The monoisotopic (exact) mass is 398 g/mol. The van der Waals surface area contributed by atoms with Crippen LogP contribution < -0.4 is 16.4 Å². The molecule has 0 fully saturated rings. The highest BCUT2D eigenvalue weighted by Crippen LogP contribution is 2.12. The summed E-state index contributed by atoms with van der Waals surface area (Å²) < 4.78 is 0. The Kier molecular flexibility index (Phi) is 10.5. The quantitative estimate of drug-likeness (QED) is 0.693. The van der Waals surface area contributed by atoms with Crippen LogP contribution in [0.25, 0.3) is 0 Å². The van der Waals surface area contributed by atoms with Crippen molar-refractivity contribution in [3.63, 3.8) is 0 Å². The number of hydrogen-bond acceptors (Lipinski definition) is 4. The lowest BCUT2D eigenvalue weighted by atomic mass is 10.0. The second kappa shape index (κ2) is 11.5. The summed E-state index contributed by atoms with van der Waals surface area (Å²) >= 11 is 0. The van der Waals surface area contributed by atoms with E-state index in [0.717, 1.165) is 0 Å². The molecule has 1 aromatic heterocycles. The molecule has 1 atom stereocenters. The topological polar surface area (TPSA) is 97.1 Å². The van der Waals surface area contributed by atoms with Crippen LogP contribution in [0.4, 0.5) is 11.5 Å². The summed E-state index contributed by atoms with van der Waals surface area (Å²) in [5.74, 6) is 0.276. The number of carbonyl (C=O) groups excluding carboxylic acids is 2. The maximum atomic E-state index is 12.0. The summed E-state index contributed by atoms with van der Waals surface area (Å²) in [5.41, 5.74) is 6.93.